The first-order valence-corrected chi connectivity index (χ1v) is 5.66. The van der Waals surface area contributed by atoms with E-state index in [1.54, 1.807) is 6.20 Å². The van der Waals surface area contributed by atoms with Gasteiger partial charge in [0.05, 0.1) is 12.7 Å². The molecule has 0 spiro atoms. The van der Waals surface area contributed by atoms with E-state index in [0.29, 0.717) is 5.57 Å². The number of nitrogens with zero attached hydrogens (tertiary/aromatic N) is 1. The summed E-state index contributed by atoms with van der Waals surface area (Å²) in [7, 11) is 5.14. The molecule has 2 rings (SSSR count). The van der Waals surface area contributed by atoms with E-state index in [4.69, 9.17) is 4.74 Å². The molecule has 0 radical (unpaired) electrons. The van der Waals surface area contributed by atoms with Gasteiger partial charge in [0.1, 0.15) is 0 Å². The van der Waals surface area contributed by atoms with Crippen LogP contribution in [0.5, 0.6) is 0 Å². The quantitative estimate of drug-likeness (QED) is 0.665. The number of hydrogen-bond acceptors (Lipinski definition) is 3. The van der Waals surface area contributed by atoms with Crippen LogP contribution >= 0.6 is 0 Å². The van der Waals surface area contributed by atoms with Gasteiger partial charge >= 0.3 is 5.97 Å². The number of benzene rings is 1. The average molecular weight is 244 g/mol. The van der Waals surface area contributed by atoms with Gasteiger partial charge in [0, 0.05) is 43.0 Å². The molecular weight excluding hydrogens is 228 g/mol. The van der Waals surface area contributed by atoms with E-state index >= 15 is 0 Å². The summed E-state index contributed by atoms with van der Waals surface area (Å²) in [5.74, 6) is -0.339. The summed E-state index contributed by atoms with van der Waals surface area (Å²) in [5.41, 5.74) is 2.40. The first-order valence-electron chi connectivity index (χ1n) is 5.66. The number of aromatic nitrogens is 1. The Balaban J connectivity index is 2.58. The molecule has 1 N–H and O–H groups in total. The molecule has 0 amide bonds. The van der Waals surface area contributed by atoms with Crippen molar-refractivity contribution in [3.63, 3.8) is 0 Å². The zero-order valence-corrected chi connectivity index (χ0v) is 10.7. The van der Waals surface area contributed by atoms with Crippen molar-refractivity contribution in [2.45, 2.75) is 0 Å². The highest BCUT2D eigenvalue weighted by molar-refractivity contribution is 6.20. The van der Waals surface area contributed by atoms with Crippen LogP contribution in [-0.4, -0.2) is 37.1 Å². The Hall–Kier alpha value is -2.23. The minimum atomic E-state index is -0.339. The monoisotopic (exact) mass is 244 g/mol. The van der Waals surface area contributed by atoms with Gasteiger partial charge in [-0.1, -0.05) is 18.2 Å². The van der Waals surface area contributed by atoms with Crippen molar-refractivity contribution < 1.29 is 9.53 Å². The second-order valence-electron chi connectivity index (χ2n) is 4.25. The lowest BCUT2D eigenvalue weighted by Crippen LogP contribution is -2.09. The molecule has 0 unspecified atom stereocenters. The topological polar surface area (TPSA) is 45.3 Å². The van der Waals surface area contributed by atoms with E-state index in [2.05, 4.69) is 4.98 Å². The molecule has 1 aromatic heterocycles. The number of carbonyl (C=O) groups excluding carboxylic acids is 1. The number of methoxy groups -OCH3 is 1. The summed E-state index contributed by atoms with van der Waals surface area (Å²) in [5, 5.41) is 1.01. The summed E-state index contributed by atoms with van der Waals surface area (Å²) in [6.07, 6.45) is 3.60. The van der Waals surface area contributed by atoms with Crippen molar-refractivity contribution in [1.82, 2.24) is 9.88 Å². The van der Waals surface area contributed by atoms with Crippen LogP contribution in [-0.2, 0) is 9.53 Å². The molecule has 18 heavy (non-hydrogen) atoms. The van der Waals surface area contributed by atoms with Crippen LogP contribution in [0.1, 0.15) is 5.56 Å². The van der Waals surface area contributed by atoms with Gasteiger partial charge in [0.15, 0.2) is 0 Å². The number of carbonyl (C=O) groups is 1. The van der Waals surface area contributed by atoms with Crippen molar-refractivity contribution in [3.8, 4) is 0 Å². The number of ether oxygens (including phenoxy) is 1. The first kappa shape index (κ1) is 12.2. The Morgan fingerprint density at radius 2 is 2.06 bits per heavy atom. The van der Waals surface area contributed by atoms with E-state index in [1.807, 2.05) is 49.5 Å². The zero-order valence-electron chi connectivity index (χ0n) is 10.7. The lowest BCUT2D eigenvalue weighted by atomic mass is 10.1. The minimum absolute atomic E-state index is 0.339. The van der Waals surface area contributed by atoms with Crippen LogP contribution in [0.3, 0.4) is 0 Å². The third-order valence-corrected chi connectivity index (χ3v) is 2.67. The van der Waals surface area contributed by atoms with Crippen LogP contribution in [0.25, 0.3) is 16.5 Å². The van der Waals surface area contributed by atoms with Crippen molar-refractivity contribution in [2.75, 3.05) is 21.2 Å². The van der Waals surface area contributed by atoms with Crippen molar-refractivity contribution >= 4 is 22.4 Å². The van der Waals surface area contributed by atoms with Gasteiger partial charge in [0.2, 0.25) is 0 Å². The highest BCUT2D eigenvalue weighted by Crippen LogP contribution is 2.25. The maximum atomic E-state index is 11.9. The molecule has 2 aromatic rings. The molecule has 1 aromatic carbocycles. The Morgan fingerprint density at radius 1 is 1.33 bits per heavy atom. The molecule has 94 valence electrons. The smallest absolute Gasteiger partial charge is 0.340 e. The molecule has 0 fully saturated rings. The fraction of sp³-hybridized carbons (Fsp3) is 0.214. The molecule has 4 nitrogen and oxygen atoms in total. The Bertz CT molecular complexity index is 597. The summed E-state index contributed by atoms with van der Waals surface area (Å²) >= 11 is 0. The molecule has 0 atom stereocenters. The Labute approximate surface area is 106 Å². The highest BCUT2D eigenvalue weighted by atomic mass is 16.5. The molecule has 0 aliphatic carbocycles. The van der Waals surface area contributed by atoms with Crippen LogP contribution in [0, 0.1) is 0 Å². The predicted octanol–water partition coefficient (Wildman–Crippen LogP) is 2.24. The number of esters is 1. The SMILES string of the molecule is COC(=O)/C(=C\N(C)C)c1c[nH]c2ccccc12. The van der Waals surface area contributed by atoms with E-state index in [0.717, 1.165) is 16.5 Å². The largest absolute Gasteiger partial charge is 0.465 e. The van der Waals surface area contributed by atoms with E-state index in [9.17, 15) is 4.79 Å². The molecule has 1 heterocycles. The molecule has 0 bridgehead atoms. The normalized spacial score (nSPS) is 11.6. The number of H-pyrrole nitrogens is 1. The molecule has 0 aliphatic heterocycles. The van der Waals surface area contributed by atoms with Crippen LogP contribution in [0.4, 0.5) is 0 Å². The lowest BCUT2D eigenvalue weighted by molar-refractivity contribution is -0.133. The van der Waals surface area contributed by atoms with Gasteiger partial charge in [-0.05, 0) is 6.07 Å². The van der Waals surface area contributed by atoms with Crippen LogP contribution < -0.4 is 0 Å². The van der Waals surface area contributed by atoms with E-state index < -0.39 is 0 Å². The van der Waals surface area contributed by atoms with E-state index in [1.165, 1.54) is 7.11 Å². The van der Waals surface area contributed by atoms with Gasteiger partial charge in [-0.25, -0.2) is 4.79 Å². The average Bonchev–Trinajstić information content (AvgIpc) is 2.78. The van der Waals surface area contributed by atoms with Gasteiger partial charge in [-0.15, -0.1) is 0 Å². The Morgan fingerprint density at radius 3 is 2.72 bits per heavy atom. The molecule has 0 saturated heterocycles. The summed E-state index contributed by atoms with van der Waals surface area (Å²) in [4.78, 5) is 16.8. The predicted molar refractivity (Wildman–Crippen MR) is 72.0 cm³/mol. The second kappa shape index (κ2) is 4.96. The third kappa shape index (κ3) is 2.22. The van der Waals surface area contributed by atoms with E-state index in [-0.39, 0.29) is 5.97 Å². The summed E-state index contributed by atoms with van der Waals surface area (Å²) in [6, 6.07) is 7.86. The third-order valence-electron chi connectivity index (χ3n) is 2.67. The fourth-order valence-corrected chi connectivity index (χ4v) is 1.89. The second-order valence-corrected chi connectivity index (χ2v) is 4.25. The van der Waals surface area contributed by atoms with Crippen molar-refractivity contribution in [3.05, 3.63) is 42.2 Å². The van der Waals surface area contributed by atoms with Crippen molar-refractivity contribution in [2.24, 2.45) is 0 Å². The summed E-state index contributed by atoms with van der Waals surface area (Å²) in [6.45, 7) is 0. The molecule has 0 saturated carbocycles. The lowest BCUT2D eigenvalue weighted by Gasteiger charge is -2.09. The standard InChI is InChI=1S/C14H16N2O2/c1-16(2)9-12(14(17)18-3)11-8-15-13-7-5-4-6-10(11)13/h4-9,15H,1-3H3/b12-9-. The number of hydrogen-bond donors (Lipinski definition) is 1. The number of fused-ring (bicyclic) bond motifs is 1. The Kier molecular flexibility index (Phi) is 3.37. The number of aromatic amines is 1. The molecular formula is C14H16N2O2. The van der Waals surface area contributed by atoms with Crippen molar-refractivity contribution in [1.29, 1.82) is 0 Å². The number of nitrogens with one attached hydrogen (secondary N) is 1. The summed E-state index contributed by atoms with van der Waals surface area (Å²) < 4.78 is 4.84. The van der Waals surface area contributed by atoms with Gasteiger partial charge in [-0.3, -0.25) is 0 Å². The first-order chi connectivity index (χ1) is 8.63. The zero-order chi connectivity index (χ0) is 13.1. The highest BCUT2D eigenvalue weighted by Gasteiger charge is 2.16. The molecule has 4 heteroatoms. The number of para-hydroxylation sites is 1. The maximum absolute atomic E-state index is 11.9. The van der Waals surface area contributed by atoms with Gasteiger partial charge in [0.25, 0.3) is 0 Å². The molecule has 0 aliphatic rings. The van der Waals surface area contributed by atoms with Gasteiger partial charge < -0.3 is 14.6 Å². The minimum Gasteiger partial charge on any atom is -0.465 e. The number of rotatable bonds is 3. The maximum Gasteiger partial charge on any atom is 0.340 e. The fourth-order valence-electron chi connectivity index (χ4n) is 1.89. The van der Waals surface area contributed by atoms with Crippen LogP contribution in [0.2, 0.25) is 0 Å². The van der Waals surface area contributed by atoms with Crippen LogP contribution in [0.15, 0.2) is 36.7 Å². The van der Waals surface area contributed by atoms with Gasteiger partial charge in [-0.2, -0.15) is 0 Å².